The highest BCUT2D eigenvalue weighted by atomic mass is 16.5. The minimum Gasteiger partial charge on any atom is -0.381 e. The van der Waals surface area contributed by atoms with E-state index in [9.17, 15) is 14.4 Å². The molecular weight excluding hydrogens is 260 g/mol. The fourth-order valence-electron chi connectivity index (χ4n) is 2.97. The smallest absolute Gasteiger partial charge is 0.331 e. The monoisotopic (exact) mass is 282 g/mol. The molecule has 0 aromatic rings. The van der Waals surface area contributed by atoms with Crippen LogP contribution in [0, 0.1) is 11.8 Å². The van der Waals surface area contributed by atoms with Gasteiger partial charge in [0.25, 0.3) is 0 Å². The van der Waals surface area contributed by atoms with Crippen LogP contribution in [-0.2, 0) is 14.3 Å². The van der Waals surface area contributed by atoms with Crippen LogP contribution >= 0.6 is 0 Å². The number of amides is 4. The second-order valence-corrected chi connectivity index (χ2v) is 5.53. The Balaban J connectivity index is 2.13. The largest absolute Gasteiger partial charge is 0.381 e. The summed E-state index contributed by atoms with van der Waals surface area (Å²) in [5, 5.41) is 2.31. The zero-order valence-corrected chi connectivity index (χ0v) is 12.1. The molecule has 2 atom stereocenters. The van der Waals surface area contributed by atoms with Gasteiger partial charge in [0.1, 0.15) is 5.92 Å². The first kappa shape index (κ1) is 15.0. The fourth-order valence-corrected chi connectivity index (χ4v) is 2.97. The molecule has 2 saturated heterocycles. The number of urea groups is 1. The van der Waals surface area contributed by atoms with Crippen LogP contribution in [0.1, 0.15) is 39.5 Å². The molecule has 4 amide bonds. The molecule has 1 N–H and O–H groups in total. The van der Waals surface area contributed by atoms with E-state index in [2.05, 4.69) is 5.32 Å². The molecule has 2 unspecified atom stereocenters. The quantitative estimate of drug-likeness (QED) is 0.788. The molecule has 0 radical (unpaired) electrons. The van der Waals surface area contributed by atoms with E-state index in [1.54, 1.807) is 0 Å². The van der Waals surface area contributed by atoms with E-state index < -0.39 is 17.9 Å². The first-order chi connectivity index (χ1) is 9.56. The molecule has 6 heteroatoms. The number of barbiturate groups is 1. The van der Waals surface area contributed by atoms with Gasteiger partial charge >= 0.3 is 6.03 Å². The average molecular weight is 282 g/mol. The van der Waals surface area contributed by atoms with Gasteiger partial charge in [-0.3, -0.25) is 19.8 Å². The molecule has 0 aromatic heterocycles. The third kappa shape index (κ3) is 2.85. The van der Waals surface area contributed by atoms with Crippen molar-refractivity contribution in [3.05, 3.63) is 0 Å². The zero-order chi connectivity index (χ0) is 14.7. The summed E-state index contributed by atoms with van der Waals surface area (Å²) in [5.41, 5.74) is 0. The molecule has 6 nitrogen and oxygen atoms in total. The van der Waals surface area contributed by atoms with E-state index in [4.69, 9.17) is 4.74 Å². The van der Waals surface area contributed by atoms with Crippen LogP contribution in [0.15, 0.2) is 0 Å². The number of imide groups is 2. The van der Waals surface area contributed by atoms with Gasteiger partial charge in [-0.15, -0.1) is 0 Å². The lowest BCUT2D eigenvalue weighted by molar-refractivity contribution is -0.145. The molecule has 0 aromatic carbocycles. The average Bonchev–Trinajstić information content (AvgIpc) is 2.44. The molecule has 20 heavy (non-hydrogen) atoms. The molecule has 0 spiro atoms. The van der Waals surface area contributed by atoms with Crippen molar-refractivity contribution < 1.29 is 19.1 Å². The van der Waals surface area contributed by atoms with Gasteiger partial charge in [0, 0.05) is 19.3 Å². The first-order valence-corrected chi connectivity index (χ1v) is 7.32. The maximum Gasteiger partial charge on any atom is 0.331 e. The highest BCUT2D eigenvalue weighted by Gasteiger charge is 2.43. The van der Waals surface area contributed by atoms with Crippen molar-refractivity contribution >= 4 is 17.8 Å². The Kier molecular flexibility index (Phi) is 4.75. The number of carbonyl (C=O) groups excluding carboxylic acids is 3. The second kappa shape index (κ2) is 6.35. The minimum absolute atomic E-state index is 0.196. The molecule has 2 rings (SSSR count). The van der Waals surface area contributed by atoms with E-state index in [0.717, 1.165) is 19.3 Å². The minimum atomic E-state index is -0.722. The SMILES string of the molecule is CCCC1C(=O)NC(=O)N(C(C)C2CCOCC2)C1=O. The summed E-state index contributed by atoms with van der Waals surface area (Å²) in [6, 6.07) is -0.773. The Bertz CT molecular complexity index is 404. The Hall–Kier alpha value is -1.43. The van der Waals surface area contributed by atoms with Crippen molar-refractivity contribution in [2.45, 2.75) is 45.6 Å². The lowest BCUT2D eigenvalue weighted by Crippen LogP contribution is -2.61. The molecule has 2 heterocycles. The van der Waals surface area contributed by atoms with Gasteiger partial charge < -0.3 is 4.74 Å². The van der Waals surface area contributed by atoms with Crippen molar-refractivity contribution in [3.63, 3.8) is 0 Å². The third-order valence-electron chi connectivity index (χ3n) is 4.23. The van der Waals surface area contributed by atoms with Gasteiger partial charge in [0.05, 0.1) is 0 Å². The second-order valence-electron chi connectivity index (χ2n) is 5.53. The number of hydrogen-bond donors (Lipinski definition) is 1. The molecule has 0 saturated carbocycles. The van der Waals surface area contributed by atoms with Crippen molar-refractivity contribution in [2.75, 3.05) is 13.2 Å². The molecular formula is C14H22N2O4. The standard InChI is InChI=1S/C14H22N2O4/c1-3-4-11-12(17)15-14(19)16(13(11)18)9(2)10-5-7-20-8-6-10/h9-11H,3-8H2,1-2H3,(H,15,17,19). The van der Waals surface area contributed by atoms with Gasteiger partial charge in [-0.25, -0.2) is 4.79 Å². The van der Waals surface area contributed by atoms with Crippen LogP contribution in [0.3, 0.4) is 0 Å². The van der Waals surface area contributed by atoms with Crippen LogP contribution in [-0.4, -0.2) is 42.0 Å². The summed E-state index contributed by atoms with van der Waals surface area (Å²) >= 11 is 0. The predicted octanol–water partition coefficient (Wildman–Crippen LogP) is 1.30. The van der Waals surface area contributed by atoms with Gasteiger partial charge in [-0.1, -0.05) is 13.3 Å². The Labute approximate surface area is 118 Å². The summed E-state index contributed by atoms with van der Waals surface area (Å²) in [4.78, 5) is 37.4. The highest BCUT2D eigenvalue weighted by molar-refractivity contribution is 6.16. The Morgan fingerprint density at radius 1 is 1.30 bits per heavy atom. The number of carbonyl (C=O) groups is 3. The van der Waals surface area contributed by atoms with Crippen molar-refractivity contribution in [3.8, 4) is 0 Å². The summed E-state index contributed by atoms with van der Waals surface area (Å²) < 4.78 is 5.31. The van der Waals surface area contributed by atoms with Gasteiger partial charge in [0.15, 0.2) is 0 Å². The highest BCUT2D eigenvalue weighted by Crippen LogP contribution is 2.26. The Morgan fingerprint density at radius 3 is 2.55 bits per heavy atom. The first-order valence-electron chi connectivity index (χ1n) is 7.32. The van der Waals surface area contributed by atoms with Crippen molar-refractivity contribution in [2.24, 2.45) is 11.8 Å². The summed E-state index contributed by atoms with van der Waals surface area (Å²) in [7, 11) is 0. The van der Waals surface area contributed by atoms with Gasteiger partial charge in [0.2, 0.25) is 11.8 Å². The lowest BCUT2D eigenvalue weighted by Gasteiger charge is -2.38. The summed E-state index contributed by atoms with van der Waals surface area (Å²) in [6.45, 7) is 5.13. The van der Waals surface area contributed by atoms with Crippen LogP contribution < -0.4 is 5.32 Å². The van der Waals surface area contributed by atoms with E-state index in [-0.39, 0.29) is 17.9 Å². The lowest BCUT2D eigenvalue weighted by atomic mass is 9.89. The molecule has 112 valence electrons. The number of nitrogens with one attached hydrogen (secondary N) is 1. The molecule has 0 aliphatic carbocycles. The predicted molar refractivity (Wildman–Crippen MR) is 71.8 cm³/mol. The van der Waals surface area contributed by atoms with Crippen LogP contribution in [0.25, 0.3) is 0 Å². The van der Waals surface area contributed by atoms with E-state index in [0.29, 0.717) is 19.6 Å². The van der Waals surface area contributed by atoms with E-state index in [1.165, 1.54) is 4.90 Å². The number of rotatable bonds is 4. The zero-order valence-electron chi connectivity index (χ0n) is 12.1. The topological polar surface area (TPSA) is 75.7 Å². The van der Waals surface area contributed by atoms with Gasteiger partial charge in [-0.2, -0.15) is 0 Å². The van der Waals surface area contributed by atoms with Crippen LogP contribution in [0.2, 0.25) is 0 Å². The summed E-state index contributed by atoms with van der Waals surface area (Å²) in [6.07, 6.45) is 2.89. The Morgan fingerprint density at radius 2 is 1.95 bits per heavy atom. The van der Waals surface area contributed by atoms with Gasteiger partial charge in [-0.05, 0) is 32.1 Å². The van der Waals surface area contributed by atoms with E-state index >= 15 is 0 Å². The summed E-state index contributed by atoms with van der Waals surface area (Å²) in [5.74, 6) is -1.29. The molecule has 2 aliphatic rings. The van der Waals surface area contributed by atoms with Crippen molar-refractivity contribution in [1.29, 1.82) is 0 Å². The number of nitrogens with zero attached hydrogens (tertiary/aromatic N) is 1. The van der Waals surface area contributed by atoms with Crippen molar-refractivity contribution in [1.82, 2.24) is 10.2 Å². The third-order valence-corrected chi connectivity index (χ3v) is 4.23. The maximum atomic E-state index is 12.4. The fraction of sp³-hybridized carbons (Fsp3) is 0.786. The maximum absolute atomic E-state index is 12.4. The van der Waals surface area contributed by atoms with E-state index in [1.807, 2.05) is 13.8 Å². The molecule has 2 fully saturated rings. The van der Waals surface area contributed by atoms with Crippen LogP contribution in [0.5, 0.6) is 0 Å². The number of hydrogen-bond acceptors (Lipinski definition) is 4. The normalized spacial score (nSPS) is 26.6. The molecule has 0 bridgehead atoms. The van der Waals surface area contributed by atoms with Crippen LogP contribution in [0.4, 0.5) is 4.79 Å². The molecule has 2 aliphatic heterocycles. The number of ether oxygens (including phenoxy) is 1.